The van der Waals surface area contributed by atoms with Crippen LogP contribution in [0.5, 0.6) is 0 Å². The second-order valence-corrected chi connectivity index (χ2v) is 4.78. The molecule has 72 valence electrons. The topological polar surface area (TPSA) is 33.4 Å². The van der Waals surface area contributed by atoms with Crippen LogP contribution in [0.1, 0.15) is 25.0 Å². The predicted molar refractivity (Wildman–Crippen MR) is 52.9 cm³/mol. The highest BCUT2D eigenvalue weighted by Crippen LogP contribution is 2.36. The molecule has 3 heteroatoms. The standard InChI is InChI=1S/C10H14O2S/c1-7-9(5-6-12-7)13-10-4-2-3-8(10)11/h5-6,8,10-11H,2-4H2,1H3/t8-,10-/m0/s1. The minimum Gasteiger partial charge on any atom is -0.468 e. The summed E-state index contributed by atoms with van der Waals surface area (Å²) < 4.78 is 5.21. The summed E-state index contributed by atoms with van der Waals surface area (Å²) in [6.45, 7) is 1.96. The first kappa shape index (κ1) is 9.16. The minimum atomic E-state index is -0.126. The summed E-state index contributed by atoms with van der Waals surface area (Å²) in [5, 5.41) is 10.00. The van der Waals surface area contributed by atoms with Gasteiger partial charge >= 0.3 is 0 Å². The van der Waals surface area contributed by atoms with Crippen LogP contribution >= 0.6 is 11.8 Å². The van der Waals surface area contributed by atoms with E-state index in [4.69, 9.17) is 4.42 Å². The SMILES string of the molecule is Cc1occc1S[C@H]1CCC[C@@H]1O. The van der Waals surface area contributed by atoms with Crippen molar-refractivity contribution in [3.63, 3.8) is 0 Å². The summed E-state index contributed by atoms with van der Waals surface area (Å²) in [5.74, 6) is 0.962. The van der Waals surface area contributed by atoms with E-state index in [0.29, 0.717) is 5.25 Å². The van der Waals surface area contributed by atoms with Gasteiger partial charge in [0.15, 0.2) is 0 Å². The number of thioether (sulfide) groups is 1. The first-order chi connectivity index (χ1) is 6.27. The fourth-order valence-corrected chi connectivity index (χ4v) is 2.95. The summed E-state index contributed by atoms with van der Waals surface area (Å²) in [6.07, 6.45) is 4.80. The van der Waals surface area contributed by atoms with E-state index >= 15 is 0 Å². The molecular formula is C10H14O2S. The highest BCUT2D eigenvalue weighted by molar-refractivity contribution is 8.00. The summed E-state index contributed by atoms with van der Waals surface area (Å²) >= 11 is 1.75. The molecule has 0 spiro atoms. The molecule has 0 saturated heterocycles. The lowest BCUT2D eigenvalue weighted by Crippen LogP contribution is -2.14. The van der Waals surface area contributed by atoms with E-state index in [0.717, 1.165) is 25.0 Å². The van der Waals surface area contributed by atoms with Crippen molar-refractivity contribution in [2.45, 2.75) is 42.4 Å². The van der Waals surface area contributed by atoms with Gasteiger partial charge in [0.05, 0.1) is 12.4 Å². The van der Waals surface area contributed by atoms with Crippen LogP contribution in [0.3, 0.4) is 0 Å². The van der Waals surface area contributed by atoms with Crippen molar-refractivity contribution < 1.29 is 9.52 Å². The van der Waals surface area contributed by atoms with Gasteiger partial charge in [0.1, 0.15) is 5.76 Å². The van der Waals surface area contributed by atoms with Gasteiger partial charge in [-0.1, -0.05) is 0 Å². The molecule has 1 saturated carbocycles. The van der Waals surface area contributed by atoms with Crippen LogP contribution in [0.25, 0.3) is 0 Å². The van der Waals surface area contributed by atoms with Gasteiger partial charge in [-0.05, 0) is 32.3 Å². The van der Waals surface area contributed by atoms with Gasteiger partial charge in [-0.2, -0.15) is 0 Å². The molecule has 0 unspecified atom stereocenters. The Morgan fingerprint density at radius 3 is 2.92 bits per heavy atom. The highest BCUT2D eigenvalue weighted by atomic mass is 32.2. The van der Waals surface area contributed by atoms with Crippen LogP contribution in [0.2, 0.25) is 0 Å². The maximum atomic E-state index is 9.63. The Morgan fingerprint density at radius 1 is 1.54 bits per heavy atom. The number of aliphatic hydroxyl groups excluding tert-OH is 1. The smallest absolute Gasteiger partial charge is 0.114 e. The zero-order valence-corrected chi connectivity index (χ0v) is 8.51. The number of furan rings is 1. The Morgan fingerprint density at radius 2 is 2.38 bits per heavy atom. The Balaban J connectivity index is 2.01. The Labute approximate surface area is 82.3 Å². The zero-order valence-electron chi connectivity index (χ0n) is 7.69. The predicted octanol–water partition coefficient (Wildman–Crippen LogP) is 2.59. The molecule has 0 aliphatic heterocycles. The minimum absolute atomic E-state index is 0.126. The number of aryl methyl sites for hydroxylation is 1. The molecule has 2 atom stereocenters. The van der Waals surface area contributed by atoms with Crippen molar-refractivity contribution in [3.8, 4) is 0 Å². The largest absolute Gasteiger partial charge is 0.468 e. The average Bonchev–Trinajstić information content (AvgIpc) is 2.65. The van der Waals surface area contributed by atoms with Gasteiger partial charge < -0.3 is 9.52 Å². The monoisotopic (exact) mass is 198 g/mol. The molecule has 1 N–H and O–H groups in total. The molecule has 1 aliphatic carbocycles. The van der Waals surface area contributed by atoms with Crippen molar-refractivity contribution in [1.29, 1.82) is 0 Å². The van der Waals surface area contributed by atoms with E-state index in [1.807, 2.05) is 13.0 Å². The summed E-state index contributed by atoms with van der Waals surface area (Å²) in [7, 11) is 0. The van der Waals surface area contributed by atoms with E-state index < -0.39 is 0 Å². The molecule has 13 heavy (non-hydrogen) atoms. The number of rotatable bonds is 2. The lowest BCUT2D eigenvalue weighted by molar-refractivity contribution is 0.188. The molecule has 1 aromatic rings. The summed E-state index contributed by atoms with van der Waals surface area (Å²) in [4.78, 5) is 1.17. The Hall–Kier alpha value is -0.410. The van der Waals surface area contributed by atoms with Gasteiger partial charge in [-0.25, -0.2) is 0 Å². The molecule has 0 radical (unpaired) electrons. The third-order valence-corrected chi connectivity index (χ3v) is 4.04. The second-order valence-electron chi connectivity index (χ2n) is 3.50. The molecular weight excluding hydrogens is 184 g/mol. The molecule has 0 bridgehead atoms. The van der Waals surface area contributed by atoms with E-state index in [-0.39, 0.29) is 6.10 Å². The molecule has 1 aliphatic rings. The number of hydrogen-bond acceptors (Lipinski definition) is 3. The first-order valence-corrected chi connectivity index (χ1v) is 5.54. The van der Waals surface area contributed by atoms with E-state index in [9.17, 15) is 5.11 Å². The van der Waals surface area contributed by atoms with Gasteiger partial charge in [-0.15, -0.1) is 11.8 Å². The maximum absolute atomic E-state index is 9.63. The van der Waals surface area contributed by atoms with Gasteiger partial charge in [0, 0.05) is 10.1 Å². The van der Waals surface area contributed by atoms with Gasteiger partial charge in [0.25, 0.3) is 0 Å². The Bertz CT molecular complexity index is 282. The molecule has 1 heterocycles. The van der Waals surface area contributed by atoms with Crippen molar-refractivity contribution in [2.24, 2.45) is 0 Å². The van der Waals surface area contributed by atoms with Crippen molar-refractivity contribution in [1.82, 2.24) is 0 Å². The van der Waals surface area contributed by atoms with Crippen LogP contribution in [0.15, 0.2) is 21.6 Å². The molecule has 0 aromatic carbocycles. The number of hydrogen-bond donors (Lipinski definition) is 1. The zero-order chi connectivity index (χ0) is 9.26. The van der Waals surface area contributed by atoms with E-state index in [1.54, 1.807) is 18.0 Å². The van der Waals surface area contributed by atoms with Crippen molar-refractivity contribution in [2.75, 3.05) is 0 Å². The normalized spacial score (nSPS) is 28.2. The molecule has 0 amide bonds. The molecule has 1 fully saturated rings. The fourth-order valence-electron chi connectivity index (χ4n) is 1.70. The van der Waals surface area contributed by atoms with Crippen LogP contribution in [-0.2, 0) is 0 Å². The van der Waals surface area contributed by atoms with Gasteiger partial charge in [0.2, 0.25) is 0 Å². The quantitative estimate of drug-likeness (QED) is 0.793. The summed E-state index contributed by atoms with van der Waals surface area (Å²) in [5.41, 5.74) is 0. The van der Waals surface area contributed by atoms with E-state index in [1.165, 1.54) is 4.90 Å². The third kappa shape index (κ3) is 1.92. The van der Waals surface area contributed by atoms with Crippen LogP contribution in [0, 0.1) is 6.92 Å². The highest BCUT2D eigenvalue weighted by Gasteiger charge is 2.26. The number of aliphatic hydroxyl groups is 1. The average molecular weight is 198 g/mol. The van der Waals surface area contributed by atoms with Crippen LogP contribution in [-0.4, -0.2) is 16.5 Å². The van der Waals surface area contributed by atoms with Crippen molar-refractivity contribution >= 4 is 11.8 Å². The maximum Gasteiger partial charge on any atom is 0.114 e. The first-order valence-electron chi connectivity index (χ1n) is 4.66. The second kappa shape index (κ2) is 3.76. The summed E-state index contributed by atoms with van der Waals surface area (Å²) in [6, 6.07) is 1.98. The van der Waals surface area contributed by atoms with Crippen LogP contribution < -0.4 is 0 Å². The van der Waals surface area contributed by atoms with Crippen LogP contribution in [0.4, 0.5) is 0 Å². The third-order valence-electron chi connectivity index (χ3n) is 2.51. The molecule has 2 rings (SSSR count). The lowest BCUT2D eigenvalue weighted by atomic mass is 10.3. The van der Waals surface area contributed by atoms with E-state index in [2.05, 4.69) is 0 Å². The van der Waals surface area contributed by atoms with Gasteiger partial charge in [-0.3, -0.25) is 0 Å². The fraction of sp³-hybridized carbons (Fsp3) is 0.600. The molecule has 2 nitrogen and oxygen atoms in total. The molecule has 1 aromatic heterocycles. The Kier molecular flexibility index (Phi) is 2.65. The lowest BCUT2D eigenvalue weighted by Gasteiger charge is -2.12. The van der Waals surface area contributed by atoms with Crippen molar-refractivity contribution in [3.05, 3.63) is 18.1 Å².